The highest BCUT2D eigenvalue weighted by molar-refractivity contribution is 7.91. The van der Waals surface area contributed by atoms with Crippen molar-refractivity contribution in [3.05, 3.63) is 0 Å². The predicted octanol–water partition coefficient (Wildman–Crippen LogP) is -1.26. The number of urea groups is 1. The third-order valence-corrected chi connectivity index (χ3v) is 4.70. The Bertz CT molecular complexity index is 516. The van der Waals surface area contributed by atoms with Crippen LogP contribution in [-0.2, 0) is 19.4 Å². The van der Waals surface area contributed by atoms with Gasteiger partial charge in [0.2, 0.25) is 0 Å². The lowest BCUT2D eigenvalue weighted by Crippen LogP contribution is -2.56. The molecule has 1 aliphatic rings. The van der Waals surface area contributed by atoms with E-state index in [4.69, 9.17) is 10.2 Å². The summed E-state index contributed by atoms with van der Waals surface area (Å²) in [5.41, 5.74) is 0. The number of carboxylic acids is 2. The Labute approximate surface area is 115 Å². The van der Waals surface area contributed by atoms with E-state index in [1.807, 2.05) is 0 Å². The van der Waals surface area contributed by atoms with Gasteiger partial charge in [-0.1, -0.05) is 0 Å². The molecule has 0 aliphatic carbocycles. The molecular formula is C10H16N2O7S. The van der Waals surface area contributed by atoms with E-state index in [9.17, 15) is 22.8 Å². The van der Waals surface area contributed by atoms with Gasteiger partial charge in [-0.05, 0) is 6.92 Å². The number of hydrogen-bond acceptors (Lipinski definition) is 5. The first-order valence-electron chi connectivity index (χ1n) is 5.84. The number of nitrogens with zero attached hydrogens (tertiary/aromatic N) is 1. The van der Waals surface area contributed by atoms with Crippen LogP contribution in [-0.4, -0.2) is 71.6 Å². The van der Waals surface area contributed by atoms with Gasteiger partial charge in [0, 0.05) is 12.6 Å². The van der Waals surface area contributed by atoms with Crippen LogP contribution in [0.2, 0.25) is 0 Å². The molecule has 0 aromatic rings. The van der Waals surface area contributed by atoms with Crippen molar-refractivity contribution in [2.75, 3.05) is 18.1 Å². The van der Waals surface area contributed by atoms with Crippen molar-refractivity contribution in [2.45, 2.75) is 25.4 Å². The first-order valence-corrected chi connectivity index (χ1v) is 7.66. The molecule has 1 aliphatic heterocycles. The van der Waals surface area contributed by atoms with Crippen molar-refractivity contribution in [3.63, 3.8) is 0 Å². The summed E-state index contributed by atoms with van der Waals surface area (Å²) in [6.45, 7) is 1.48. The van der Waals surface area contributed by atoms with Gasteiger partial charge >= 0.3 is 18.0 Å². The van der Waals surface area contributed by atoms with E-state index in [0.717, 1.165) is 0 Å². The molecule has 3 N–H and O–H groups in total. The summed E-state index contributed by atoms with van der Waals surface area (Å²) < 4.78 is 22.7. The quantitative estimate of drug-likeness (QED) is 0.588. The fraction of sp³-hybridized carbons (Fsp3) is 0.700. The number of carbonyl (C=O) groups excluding carboxylic acids is 1. The van der Waals surface area contributed by atoms with Gasteiger partial charge in [0.15, 0.2) is 9.84 Å². The molecule has 10 heteroatoms. The van der Waals surface area contributed by atoms with Crippen LogP contribution < -0.4 is 5.32 Å². The van der Waals surface area contributed by atoms with E-state index in [0.29, 0.717) is 0 Å². The summed E-state index contributed by atoms with van der Waals surface area (Å²) in [6.07, 6.45) is -0.748. The summed E-state index contributed by atoms with van der Waals surface area (Å²) in [6, 6.07) is -2.92. The molecule has 20 heavy (non-hydrogen) atoms. The fourth-order valence-corrected chi connectivity index (χ4v) is 3.46. The molecule has 0 radical (unpaired) electrons. The van der Waals surface area contributed by atoms with Crippen molar-refractivity contribution in [1.29, 1.82) is 0 Å². The zero-order chi connectivity index (χ0) is 15.5. The Morgan fingerprint density at radius 1 is 1.35 bits per heavy atom. The van der Waals surface area contributed by atoms with Crippen LogP contribution in [0.1, 0.15) is 13.3 Å². The molecule has 1 unspecified atom stereocenters. The number of rotatable bonds is 4. The molecule has 2 atom stereocenters. The van der Waals surface area contributed by atoms with Crippen LogP contribution in [0.15, 0.2) is 0 Å². The van der Waals surface area contributed by atoms with Crippen LogP contribution >= 0.6 is 0 Å². The van der Waals surface area contributed by atoms with E-state index in [1.165, 1.54) is 11.8 Å². The van der Waals surface area contributed by atoms with Crippen LogP contribution in [0, 0.1) is 0 Å². The van der Waals surface area contributed by atoms with Crippen LogP contribution in [0.3, 0.4) is 0 Å². The smallest absolute Gasteiger partial charge is 0.326 e. The zero-order valence-electron chi connectivity index (χ0n) is 10.8. The lowest BCUT2D eigenvalue weighted by molar-refractivity contribution is -0.145. The second kappa shape index (κ2) is 6.07. The minimum atomic E-state index is -3.19. The third kappa shape index (κ3) is 4.37. The molecule has 1 saturated heterocycles. The van der Waals surface area contributed by atoms with Gasteiger partial charge in [-0.15, -0.1) is 0 Å². The van der Waals surface area contributed by atoms with Crippen molar-refractivity contribution in [3.8, 4) is 0 Å². The van der Waals surface area contributed by atoms with E-state index in [2.05, 4.69) is 5.32 Å². The van der Waals surface area contributed by atoms with Crippen molar-refractivity contribution in [1.82, 2.24) is 10.2 Å². The maximum Gasteiger partial charge on any atom is 0.326 e. The average Bonchev–Trinajstić information content (AvgIpc) is 2.25. The van der Waals surface area contributed by atoms with Gasteiger partial charge in [-0.2, -0.15) is 0 Å². The Kier molecular flexibility index (Phi) is 4.93. The summed E-state index contributed by atoms with van der Waals surface area (Å²) in [4.78, 5) is 34.4. The molecule has 2 amide bonds. The van der Waals surface area contributed by atoms with Gasteiger partial charge in [0.25, 0.3) is 0 Å². The van der Waals surface area contributed by atoms with Gasteiger partial charge < -0.3 is 20.4 Å². The highest BCUT2D eigenvalue weighted by atomic mass is 32.2. The highest BCUT2D eigenvalue weighted by Crippen LogP contribution is 2.11. The molecule has 0 aromatic carbocycles. The van der Waals surface area contributed by atoms with Crippen LogP contribution in [0.5, 0.6) is 0 Å². The zero-order valence-corrected chi connectivity index (χ0v) is 11.6. The molecule has 0 aromatic heterocycles. The normalized spacial score (nSPS) is 22.9. The van der Waals surface area contributed by atoms with E-state index in [-0.39, 0.29) is 18.1 Å². The van der Waals surface area contributed by atoms with Crippen molar-refractivity contribution >= 4 is 27.8 Å². The molecule has 9 nitrogen and oxygen atoms in total. The molecule has 0 spiro atoms. The van der Waals surface area contributed by atoms with Crippen LogP contribution in [0.25, 0.3) is 0 Å². The second-order valence-corrected chi connectivity index (χ2v) is 6.82. The van der Waals surface area contributed by atoms with Gasteiger partial charge in [0.1, 0.15) is 6.04 Å². The topological polar surface area (TPSA) is 141 Å². The number of hydrogen-bond donors (Lipinski definition) is 3. The molecule has 0 bridgehead atoms. The minimum absolute atomic E-state index is 0.0469. The Hall–Kier alpha value is -1.84. The standard InChI is InChI=1S/C10H16N2O7S/c1-6-5-20(18,19)3-2-12(6)10(17)11-7(9(15)16)4-8(13)14/h6-7H,2-5H2,1H3,(H,11,17)(H,13,14)(H,15,16)/t6?,7-/m0/s1. The summed E-state index contributed by atoms with van der Waals surface area (Å²) in [7, 11) is -3.19. The largest absolute Gasteiger partial charge is 0.481 e. The number of aliphatic carboxylic acids is 2. The average molecular weight is 308 g/mol. The monoisotopic (exact) mass is 308 g/mol. The maximum absolute atomic E-state index is 11.9. The lowest BCUT2D eigenvalue weighted by Gasteiger charge is -2.33. The fourth-order valence-electron chi connectivity index (χ4n) is 1.91. The first-order chi connectivity index (χ1) is 9.12. The van der Waals surface area contributed by atoms with Crippen LogP contribution in [0.4, 0.5) is 4.79 Å². The van der Waals surface area contributed by atoms with Crippen molar-refractivity contribution < 1.29 is 33.0 Å². The Morgan fingerprint density at radius 2 is 1.95 bits per heavy atom. The SMILES string of the molecule is CC1CS(=O)(=O)CCN1C(=O)N[C@@H](CC(=O)O)C(=O)O. The lowest BCUT2D eigenvalue weighted by atomic mass is 10.2. The van der Waals surface area contributed by atoms with E-state index >= 15 is 0 Å². The van der Waals surface area contributed by atoms with Gasteiger partial charge in [-0.3, -0.25) is 4.79 Å². The molecule has 0 saturated carbocycles. The number of carbonyl (C=O) groups is 3. The number of amides is 2. The maximum atomic E-state index is 11.9. The number of nitrogens with one attached hydrogen (secondary N) is 1. The number of sulfone groups is 1. The molecule has 1 heterocycles. The van der Waals surface area contributed by atoms with Crippen molar-refractivity contribution in [2.24, 2.45) is 0 Å². The molecule has 1 fully saturated rings. The number of carboxylic acid groups (broad SMARTS) is 2. The summed E-state index contributed by atoms with van der Waals surface area (Å²) in [5, 5.41) is 19.5. The summed E-state index contributed by atoms with van der Waals surface area (Å²) >= 11 is 0. The highest BCUT2D eigenvalue weighted by Gasteiger charge is 2.33. The third-order valence-electron chi connectivity index (χ3n) is 2.91. The van der Waals surface area contributed by atoms with Gasteiger partial charge in [0.05, 0.1) is 17.9 Å². The molecular weight excluding hydrogens is 292 g/mol. The molecule has 114 valence electrons. The second-order valence-electron chi connectivity index (χ2n) is 4.59. The predicted molar refractivity (Wildman–Crippen MR) is 67.0 cm³/mol. The first kappa shape index (κ1) is 16.2. The summed E-state index contributed by atoms with van der Waals surface area (Å²) in [5.74, 6) is -3.21. The van der Waals surface area contributed by atoms with E-state index < -0.39 is 46.3 Å². The molecule has 1 rings (SSSR count). The van der Waals surface area contributed by atoms with E-state index in [1.54, 1.807) is 0 Å². The Balaban J connectivity index is 2.70. The Morgan fingerprint density at radius 3 is 2.40 bits per heavy atom. The van der Waals surface area contributed by atoms with Gasteiger partial charge in [-0.25, -0.2) is 18.0 Å². The minimum Gasteiger partial charge on any atom is -0.481 e.